The summed E-state index contributed by atoms with van der Waals surface area (Å²) in [5, 5.41) is 0. The number of rotatable bonds is 16. The van der Waals surface area contributed by atoms with Gasteiger partial charge in [0.05, 0.1) is 26.8 Å². The van der Waals surface area contributed by atoms with Crippen LogP contribution in [0.1, 0.15) is 61.6 Å². The first-order valence-corrected chi connectivity index (χ1v) is 20.9. The molecule has 6 aromatic carbocycles. The van der Waals surface area contributed by atoms with Crippen LogP contribution >= 0.6 is 0 Å². The van der Waals surface area contributed by atoms with E-state index < -0.39 is 86.6 Å². The summed E-state index contributed by atoms with van der Waals surface area (Å²) in [4.78, 5) is 0. The van der Waals surface area contributed by atoms with Gasteiger partial charge in [-0.1, -0.05) is 92.4 Å². The zero-order valence-electron chi connectivity index (χ0n) is 35.2. The molecule has 3 atom stereocenters. The Morgan fingerprint density at radius 1 is 0.522 bits per heavy atom. The maximum Gasteiger partial charge on any atom is 0.461 e. The standard InChI is InChI=1S/C26H25F6NO2S.C22H17F6NO.CH4/c1-24(2,3)36(34)33-25(16-17-7-5-4-6-8-17,18-9-11-20(27)12-10-18)19-13-21(28)15-22(14-19)35-26(31,32)23(29)30;23-17-8-6-15(7-9-17)21(29,13-14-4-2-1-3-5-14)16-10-18(24)12-19(11-16)30-22(27,28)20(25)26;/h4-15,23,33H,16H2,1-3H3;1-12,20H,13,29H2;1H4/t25-,36-;21-;/m11./s1. The van der Waals surface area contributed by atoms with Crippen molar-refractivity contribution in [3.05, 3.63) is 202 Å². The number of hydrogen-bond donors (Lipinski definition) is 2. The van der Waals surface area contributed by atoms with E-state index in [-0.39, 0.29) is 31.4 Å². The maximum absolute atomic E-state index is 14.7. The maximum atomic E-state index is 14.7. The van der Waals surface area contributed by atoms with E-state index >= 15 is 0 Å². The lowest BCUT2D eigenvalue weighted by Crippen LogP contribution is -2.50. The number of hydrogen-bond acceptors (Lipinski definition) is 4. The number of alkyl halides is 8. The van der Waals surface area contributed by atoms with Gasteiger partial charge in [-0.25, -0.2) is 26.5 Å². The molecule has 0 saturated heterocycles. The Hall–Kier alpha value is -5.85. The molecule has 6 aromatic rings. The average Bonchev–Trinajstić information content (AvgIpc) is 3.23. The Bertz CT molecular complexity index is 2550. The second-order valence-electron chi connectivity index (χ2n) is 16.0. The Morgan fingerprint density at radius 2 is 0.910 bits per heavy atom. The lowest BCUT2D eigenvalue weighted by molar-refractivity contribution is -0.253. The van der Waals surface area contributed by atoms with Gasteiger partial charge in [0, 0.05) is 12.1 Å². The number of ether oxygens (including phenoxy) is 2. The van der Waals surface area contributed by atoms with Crippen LogP contribution in [0.15, 0.2) is 146 Å². The van der Waals surface area contributed by atoms with Crippen molar-refractivity contribution in [2.45, 2.75) is 81.9 Å². The van der Waals surface area contributed by atoms with Gasteiger partial charge in [0.2, 0.25) is 0 Å². The van der Waals surface area contributed by atoms with E-state index in [1.165, 1.54) is 24.3 Å². The molecule has 0 saturated carbocycles. The smallest absolute Gasteiger partial charge is 0.428 e. The first-order chi connectivity index (χ1) is 30.8. The molecule has 0 aliphatic carbocycles. The minimum absolute atomic E-state index is 0. The van der Waals surface area contributed by atoms with Gasteiger partial charge in [0.15, 0.2) is 0 Å². The molecule has 0 unspecified atom stereocenters. The minimum atomic E-state index is -4.87. The fourth-order valence-electron chi connectivity index (χ4n) is 6.66. The summed E-state index contributed by atoms with van der Waals surface area (Å²) in [6, 6.07) is 32.8. The van der Waals surface area contributed by atoms with E-state index in [1.54, 1.807) is 81.4 Å². The van der Waals surface area contributed by atoms with Gasteiger partial charge < -0.3 is 15.2 Å². The highest BCUT2D eigenvalue weighted by molar-refractivity contribution is 7.84. The fourth-order valence-corrected chi connectivity index (χ4v) is 7.59. The summed E-state index contributed by atoms with van der Waals surface area (Å²) in [5.74, 6) is -4.80. The molecule has 0 heterocycles. The molecule has 0 radical (unpaired) electrons. The van der Waals surface area contributed by atoms with Crippen LogP contribution in [-0.4, -0.2) is 34.0 Å². The molecule has 6 rings (SSSR count). The number of benzene rings is 6. The lowest BCUT2D eigenvalue weighted by atomic mass is 9.78. The summed E-state index contributed by atoms with van der Waals surface area (Å²) in [6.45, 7) is 5.08. The van der Waals surface area contributed by atoms with Crippen molar-refractivity contribution >= 4 is 11.0 Å². The number of nitrogens with one attached hydrogen (secondary N) is 1. The van der Waals surface area contributed by atoms with Crippen molar-refractivity contribution in [1.29, 1.82) is 0 Å². The number of halogens is 12. The molecule has 0 aliphatic rings. The number of nitrogens with two attached hydrogens (primary N) is 1. The van der Waals surface area contributed by atoms with Crippen molar-refractivity contribution in [2.75, 3.05) is 0 Å². The summed E-state index contributed by atoms with van der Waals surface area (Å²) in [7, 11) is -1.80. The van der Waals surface area contributed by atoms with Crippen LogP contribution in [0.3, 0.4) is 0 Å². The summed E-state index contributed by atoms with van der Waals surface area (Å²) < 4.78 is 185. The van der Waals surface area contributed by atoms with Gasteiger partial charge in [-0.2, -0.15) is 35.1 Å². The van der Waals surface area contributed by atoms with Crippen LogP contribution in [0, 0.1) is 23.3 Å². The molecule has 0 aromatic heterocycles. The zero-order valence-corrected chi connectivity index (χ0v) is 36.0. The predicted octanol–water partition coefficient (Wildman–Crippen LogP) is 13.0. The van der Waals surface area contributed by atoms with Crippen molar-refractivity contribution in [1.82, 2.24) is 4.72 Å². The molecule has 0 bridgehead atoms. The zero-order chi connectivity index (χ0) is 48.7. The SMILES string of the molecule is C.CC(C)(C)[S@@](=O)N[C@](Cc1ccccc1)(c1ccc(F)cc1)c1cc(F)cc(OC(F)(F)C(F)F)c1.N[C@](Cc1ccccc1)(c1ccc(F)cc1)c1cc(F)cc(OC(F)(F)C(F)F)c1. The highest BCUT2D eigenvalue weighted by Gasteiger charge is 2.46. The van der Waals surface area contributed by atoms with Crippen LogP contribution in [0.5, 0.6) is 11.5 Å². The van der Waals surface area contributed by atoms with Crippen molar-refractivity contribution in [3.8, 4) is 11.5 Å². The normalized spacial score (nSPS) is 14.2. The molecular weight excluding hydrogens is 925 g/mol. The predicted molar refractivity (Wildman–Crippen MR) is 233 cm³/mol. The highest BCUT2D eigenvalue weighted by atomic mass is 32.2. The van der Waals surface area contributed by atoms with Crippen molar-refractivity contribution in [2.24, 2.45) is 5.73 Å². The highest BCUT2D eigenvalue weighted by Crippen LogP contribution is 2.40. The summed E-state index contributed by atoms with van der Waals surface area (Å²) in [6.07, 6.45) is -17.8. The molecular formula is C49H46F12N2O3S. The van der Waals surface area contributed by atoms with Crippen LogP contribution in [0.2, 0.25) is 0 Å². The van der Waals surface area contributed by atoms with Gasteiger partial charge in [-0.05, 0) is 116 Å². The second kappa shape index (κ2) is 21.8. The fraction of sp³-hybridized carbons (Fsp3) is 0.265. The van der Waals surface area contributed by atoms with Crippen LogP contribution in [0.25, 0.3) is 0 Å². The Balaban J connectivity index is 0.000000293. The lowest BCUT2D eigenvalue weighted by Gasteiger charge is -2.38. The van der Waals surface area contributed by atoms with E-state index in [0.29, 0.717) is 28.8 Å². The second-order valence-corrected chi connectivity index (χ2v) is 17.9. The molecule has 0 fully saturated rings. The molecule has 0 spiro atoms. The minimum Gasteiger partial charge on any atom is -0.428 e. The first-order valence-electron chi connectivity index (χ1n) is 19.7. The van der Waals surface area contributed by atoms with Gasteiger partial charge in [0.1, 0.15) is 34.8 Å². The van der Waals surface area contributed by atoms with Crippen molar-refractivity contribution in [3.63, 3.8) is 0 Å². The molecule has 18 heteroatoms. The molecule has 67 heavy (non-hydrogen) atoms. The largest absolute Gasteiger partial charge is 0.461 e. The molecule has 360 valence electrons. The van der Waals surface area contributed by atoms with Crippen molar-refractivity contribution < 1.29 is 66.4 Å². The van der Waals surface area contributed by atoms with Crippen LogP contribution in [-0.2, 0) is 34.9 Å². The van der Waals surface area contributed by atoms with E-state index in [2.05, 4.69) is 14.2 Å². The molecule has 0 amide bonds. The molecule has 5 nitrogen and oxygen atoms in total. The quantitative estimate of drug-likeness (QED) is 0.0948. The Kier molecular flexibility index (Phi) is 17.5. The van der Waals surface area contributed by atoms with Gasteiger partial charge >= 0.3 is 25.1 Å². The van der Waals surface area contributed by atoms with Gasteiger partial charge in [-0.15, -0.1) is 0 Å². The van der Waals surface area contributed by atoms with Crippen LogP contribution in [0.4, 0.5) is 52.7 Å². The van der Waals surface area contributed by atoms with E-state index in [9.17, 15) is 56.9 Å². The summed E-state index contributed by atoms with van der Waals surface area (Å²) >= 11 is 0. The molecule has 0 aliphatic heterocycles. The average molecular weight is 971 g/mol. The third kappa shape index (κ3) is 13.9. The summed E-state index contributed by atoms with van der Waals surface area (Å²) in [5.41, 5.74) is 5.63. The van der Waals surface area contributed by atoms with Crippen LogP contribution < -0.4 is 19.9 Å². The Morgan fingerprint density at radius 3 is 1.33 bits per heavy atom. The van der Waals surface area contributed by atoms with Gasteiger partial charge in [0.25, 0.3) is 0 Å². The van der Waals surface area contributed by atoms with E-state index in [0.717, 1.165) is 54.1 Å². The third-order valence-corrected chi connectivity index (χ3v) is 11.6. The topological polar surface area (TPSA) is 73.6 Å². The van der Waals surface area contributed by atoms with E-state index in [1.807, 2.05) is 0 Å². The molecule has 3 N–H and O–H groups in total. The third-order valence-electron chi connectivity index (χ3n) is 9.92. The van der Waals surface area contributed by atoms with E-state index in [4.69, 9.17) is 5.73 Å². The monoisotopic (exact) mass is 970 g/mol. The Labute approximate surface area is 382 Å². The first kappa shape index (κ1) is 53.8. The van der Waals surface area contributed by atoms with Gasteiger partial charge in [-0.3, -0.25) is 0 Å².